The van der Waals surface area contributed by atoms with E-state index in [1.54, 1.807) is 0 Å². The third-order valence-corrected chi connectivity index (χ3v) is 3.90. The van der Waals surface area contributed by atoms with Crippen molar-refractivity contribution in [2.75, 3.05) is 13.6 Å². The van der Waals surface area contributed by atoms with Gasteiger partial charge in [0.15, 0.2) is 0 Å². The molecular formula is C14H28N2O. The number of hydrogen-bond donors (Lipinski definition) is 1. The van der Waals surface area contributed by atoms with E-state index in [-0.39, 0.29) is 5.91 Å². The molecule has 0 aliphatic heterocycles. The summed E-state index contributed by atoms with van der Waals surface area (Å²) in [6.45, 7) is 5.22. The molecule has 0 aromatic carbocycles. The van der Waals surface area contributed by atoms with Crippen molar-refractivity contribution in [1.82, 2.24) is 4.90 Å². The van der Waals surface area contributed by atoms with Gasteiger partial charge in [-0.05, 0) is 25.2 Å². The van der Waals surface area contributed by atoms with E-state index in [1.807, 2.05) is 11.9 Å². The van der Waals surface area contributed by atoms with Crippen LogP contribution in [0.15, 0.2) is 0 Å². The summed E-state index contributed by atoms with van der Waals surface area (Å²) < 4.78 is 0. The minimum atomic E-state index is -0.585. The molecule has 0 saturated heterocycles. The van der Waals surface area contributed by atoms with Gasteiger partial charge in [0.1, 0.15) is 0 Å². The molecule has 1 aliphatic rings. The Bertz CT molecular complexity index is 255. The first-order chi connectivity index (χ1) is 7.99. The van der Waals surface area contributed by atoms with E-state index in [0.29, 0.717) is 5.92 Å². The van der Waals surface area contributed by atoms with E-state index < -0.39 is 5.54 Å². The van der Waals surface area contributed by atoms with E-state index in [2.05, 4.69) is 13.8 Å². The molecule has 1 aliphatic carbocycles. The van der Waals surface area contributed by atoms with Crippen molar-refractivity contribution in [3.63, 3.8) is 0 Å². The highest BCUT2D eigenvalue weighted by Crippen LogP contribution is 2.31. The lowest BCUT2D eigenvalue weighted by atomic mass is 9.76. The predicted octanol–water partition coefficient (Wildman–Crippen LogP) is 2.54. The molecule has 1 saturated carbocycles. The quantitative estimate of drug-likeness (QED) is 0.751. The zero-order chi connectivity index (χ0) is 12.9. The first-order valence-electron chi connectivity index (χ1n) is 7.04. The summed E-state index contributed by atoms with van der Waals surface area (Å²) in [6.07, 6.45) is 7.47. The number of likely N-dealkylation sites (N-methyl/N-ethyl adjacent to an activating group) is 1. The Kier molecular flexibility index (Phi) is 5.44. The van der Waals surface area contributed by atoms with Crippen LogP contribution in [0.4, 0.5) is 0 Å². The number of amides is 1. The van der Waals surface area contributed by atoms with E-state index in [1.165, 1.54) is 19.3 Å². The molecule has 1 rings (SSSR count). The van der Waals surface area contributed by atoms with Gasteiger partial charge in [0.05, 0.1) is 5.54 Å². The third kappa shape index (κ3) is 3.98. The average molecular weight is 240 g/mol. The molecule has 100 valence electrons. The van der Waals surface area contributed by atoms with Crippen LogP contribution in [0.3, 0.4) is 0 Å². The highest BCUT2D eigenvalue weighted by atomic mass is 16.2. The van der Waals surface area contributed by atoms with Crippen LogP contribution in [0.5, 0.6) is 0 Å². The molecule has 1 amide bonds. The van der Waals surface area contributed by atoms with Gasteiger partial charge in [0, 0.05) is 13.6 Å². The highest BCUT2D eigenvalue weighted by molar-refractivity contribution is 5.86. The van der Waals surface area contributed by atoms with Gasteiger partial charge in [-0.2, -0.15) is 0 Å². The Hall–Kier alpha value is -0.570. The summed E-state index contributed by atoms with van der Waals surface area (Å²) in [5.41, 5.74) is 5.72. The van der Waals surface area contributed by atoms with Crippen LogP contribution in [0.25, 0.3) is 0 Å². The Morgan fingerprint density at radius 3 is 2.76 bits per heavy atom. The Morgan fingerprint density at radius 2 is 2.18 bits per heavy atom. The fourth-order valence-corrected chi connectivity index (χ4v) is 2.87. The minimum Gasteiger partial charge on any atom is -0.344 e. The van der Waals surface area contributed by atoms with Crippen molar-refractivity contribution in [2.24, 2.45) is 11.7 Å². The normalized spacial score (nSPS) is 29.1. The van der Waals surface area contributed by atoms with E-state index in [4.69, 9.17) is 5.73 Å². The maximum Gasteiger partial charge on any atom is 0.242 e. The second kappa shape index (κ2) is 6.39. The van der Waals surface area contributed by atoms with Gasteiger partial charge < -0.3 is 10.6 Å². The molecule has 0 radical (unpaired) electrons. The second-order valence-corrected chi connectivity index (χ2v) is 5.79. The van der Waals surface area contributed by atoms with Gasteiger partial charge in [-0.1, -0.05) is 39.5 Å². The van der Waals surface area contributed by atoms with E-state index >= 15 is 0 Å². The molecule has 1 fully saturated rings. The molecule has 3 heteroatoms. The molecule has 0 bridgehead atoms. The lowest BCUT2D eigenvalue weighted by Gasteiger charge is -2.38. The van der Waals surface area contributed by atoms with Crippen LogP contribution in [0.2, 0.25) is 0 Å². The third-order valence-electron chi connectivity index (χ3n) is 3.90. The van der Waals surface area contributed by atoms with Crippen LogP contribution < -0.4 is 5.73 Å². The Balaban J connectivity index is 2.49. The molecule has 0 aromatic rings. The monoisotopic (exact) mass is 240 g/mol. The SMILES string of the molecule is CCCCCN(C)C(=O)C1(N)CCCC(C)C1. The van der Waals surface area contributed by atoms with Crippen molar-refractivity contribution in [3.05, 3.63) is 0 Å². The number of unbranched alkanes of at least 4 members (excludes halogenated alkanes) is 2. The molecule has 0 spiro atoms. The molecule has 0 heterocycles. The molecular weight excluding hydrogens is 212 g/mol. The van der Waals surface area contributed by atoms with Gasteiger partial charge >= 0.3 is 0 Å². The van der Waals surface area contributed by atoms with Crippen molar-refractivity contribution >= 4 is 5.91 Å². The topological polar surface area (TPSA) is 46.3 Å². The first kappa shape index (κ1) is 14.5. The van der Waals surface area contributed by atoms with Gasteiger partial charge in [-0.25, -0.2) is 0 Å². The number of carbonyl (C=O) groups is 1. The summed E-state index contributed by atoms with van der Waals surface area (Å²) >= 11 is 0. The van der Waals surface area contributed by atoms with Gasteiger partial charge in [-0.3, -0.25) is 4.79 Å². The van der Waals surface area contributed by atoms with Crippen molar-refractivity contribution in [2.45, 2.75) is 64.3 Å². The fourth-order valence-electron chi connectivity index (χ4n) is 2.87. The molecule has 0 aromatic heterocycles. The average Bonchev–Trinajstić information content (AvgIpc) is 2.28. The summed E-state index contributed by atoms with van der Waals surface area (Å²) in [4.78, 5) is 14.2. The molecule has 2 unspecified atom stereocenters. The number of nitrogens with two attached hydrogens (primary N) is 1. The Labute approximate surface area is 106 Å². The molecule has 2 atom stereocenters. The minimum absolute atomic E-state index is 0.153. The molecule has 2 N–H and O–H groups in total. The highest BCUT2D eigenvalue weighted by Gasteiger charge is 2.39. The van der Waals surface area contributed by atoms with E-state index in [9.17, 15) is 4.79 Å². The summed E-state index contributed by atoms with van der Waals surface area (Å²) in [5, 5.41) is 0. The molecule has 17 heavy (non-hydrogen) atoms. The van der Waals surface area contributed by atoms with Gasteiger partial charge in [-0.15, -0.1) is 0 Å². The fraction of sp³-hybridized carbons (Fsp3) is 0.929. The number of carbonyl (C=O) groups excluding carboxylic acids is 1. The van der Waals surface area contributed by atoms with Crippen LogP contribution in [0.1, 0.15) is 58.8 Å². The van der Waals surface area contributed by atoms with Crippen LogP contribution in [-0.2, 0) is 4.79 Å². The van der Waals surface area contributed by atoms with Crippen molar-refractivity contribution in [1.29, 1.82) is 0 Å². The van der Waals surface area contributed by atoms with E-state index in [0.717, 1.165) is 32.2 Å². The predicted molar refractivity (Wildman–Crippen MR) is 71.7 cm³/mol. The summed E-state index contributed by atoms with van der Waals surface area (Å²) in [5.74, 6) is 0.738. The van der Waals surface area contributed by atoms with Crippen molar-refractivity contribution in [3.8, 4) is 0 Å². The summed E-state index contributed by atoms with van der Waals surface area (Å²) in [7, 11) is 1.89. The zero-order valence-electron chi connectivity index (χ0n) is 11.7. The number of hydrogen-bond acceptors (Lipinski definition) is 2. The Morgan fingerprint density at radius 1 is 1.47 bits per heavy atom. The zero-order valence-corrected chi connectivity index (χ0v) is 11.7. The first-order valence-corrected chi connectivity index (χ1v) is 7.04. The number of nitrogens with zero attached hydrogens (tertiary/aromatic N) is 1. The maximum absolute atomic E-state index is 12.4. The van der Waals surface area contributed by atoms with Crippen LogP contribution in [0, 0.1) is 5.92 Å². The van der Waals surface area contributed by atoms with Gasteiger partial charge in [0.2, 0.25) is 5.91 Å². The maximum atomic E-state index is 12.4. The number of rotatable bonds is 5. The molecule has 3 nitrogen and oxygen atoms in total. The standard InChI is InChI=1S/C14H28N2O/c1-4-5-6-10-16(3)13(17)14(15)9-7-8-12(2)11-14/h12H,4-11,15H2,1-3H3. The van der Waals surface area contributed by atoms with Crippen molar-refractivity contribution < 1.29 is 4.79 Å². The van der Waals surface area contributed by atoms with Crippen LogP contribution in [-0.4, -0.2) is 29.9 Å². The lowest BCUT2D eigenvalue weighted by molar-refractivity contribution is -0.137. The smallest absolute Gasteiger partial charge is 0.242 e. The second-order valence-electron chi connectivity index (χ2n) is 5.79. The van der Waals surface area contributed by atoms with Crippen LogP contribution >= 0.6 is 0 Å². The largest absolute Gasteiger partial charge is 0.344 e. The van der Waals surface area contributed by atoms with Gasteiger partial charge in [0.25, 0.3) is 0 Å². The lowest BCUT2D eigenvalue weighted by Crippen LogP contribution is -2.56. The summed E-state index contributed by atoms with van der Waals surface area (Å²) in [6, 6.07) is 0.